The predicted molar refractivity (Wildman–Crippen MR) is 102 cm³/mol. The van der Waals surface area contributed by atoms with Gasteiger partial charge in [0.05, 0.1) is 34.4 Å². The summed E-state index contributed by atoms with van der Waals surface area (Å²) in [7, 11) is 1.65. The lowest BCUT2D eigenvalue weighted by Crippen LogP contribution is -2.07. The van der Waals surface area contributed by atoms with Gasteiger partial charge in [0.15, 0.2) is 5.16 Å². The van der Waals surface area contributed by atoms with E-state index in [2.05, 4.69) is 14.5 Å². The van der Waals surface area contributed by atoms with E-state index in [1.54, 1.807) is 31.4 Å². The quantitative estimate of drug-likeness (QED) is 0.430. The van der Waals surface area contributed by atoms with Crippen molar-refractivity contribution in [2.45, 2.75) is 24.0 Å². The number of ether oxygens (including phenoxy) is 1. The molecule has 0 bridgehead atoms. The Morgan fingerprint density at radius 1 is 1.00 bits per heavy atom. The molecule has 2 heterocycles. The lowest BCUT2D eigenvalue weighted by molar-refractivity contribution is 0.0722. The van der Waals surface area contributed by atoms with E-state index >= 15 is 0 Å². The number of rotatable bonds is 7. The minimum absolute atomic E-state index is 0.301. The number of alkyl halides is 2. The third-order valence-electron chi connectivity index (χ3n) is 4.33. The third kappa shape index (κ3) is 3.42. The second-order valence-electron chi connectivity index (χ2n) is 5.98. The lowest BCUT2D eigenvalue weighted by atomic mass is 10.3. The summed E-state index contributed by atoms with van der Waals surface area (Å²) in [6.45, 7) is -1.45. The number of thioether (sulfide) groups is 1. The Morgan fingerprint density at radius 2 is 1.67 bits per heavy atom. The molecule has 5 nitrogen and oxygen atoms in total. The summed E-state index contributed by atoms with van der Waals surface area (Å²) in [5.41, 5.74) is 2.88. The maximum absolute atomic E-state index is 13.6. The molecule has 4 rings (SSSR count). The van der Waals surface area contributed by atoms with E-state index in [1.807, 2.05) is 24.3 Å². The van der Waals surface area contributed by atoms with Crippen molar-refractivity contribution < 1.29 is 13.5 Å². The average molecular weight is 388 g/mol. The van der Waals surface area contributed by atoms with Crippen LogP contribution in [0.2, 0.25) is 0 Å². The Kier molecular flexibility index (Phi) is 5.09. The van der Waals surface area contributed by atoms with Gasteiger partial charge in [0.1, 0.15) is 5.82 Å². The molecule has 0 aliphatic rings. The molecule has 0 N–H and O–H groups in total. The van der Waals surface area contributed by atoms with Crippen molar-refractivity contribution >= 4 is 33.8 Å². The zero-order valence-electron chi connectivity index (χ0n) is 14.7. The van der Waals surface area contributed by atoms with Crippen LogP contribution in [0, 0.1) is 0 Å². The number of nitrogens with zero attached hydrogens (tertiary/aromatic N) is 4. The monoisotopic (exact) mass is 388 g/mol. The van der Waals surface area contributed by atoms with Gasteiger partial charge in [0, 0.05) is 13.7 Å². The standard InChI is InChI=1S/C19H18F2N4OS/c1-26-11-10-24-15-8-4-2-6-13(15)23-19(24)27-12-17-22-14-7-3-5-9-16(14)25(17)18(20)21/h2-9,18H,10-12H2,1H3. The van der Waals surface area contributed by atoms with E-state index in [4.69, 9.17) is 4.74 Å². The van der Waals surface area contributed by atoms with Gasteiger partial charge in [-0.25, -0.2) is 9.97 Å². The van der Waals surface area contributed by atoms with Crippen molar-refractivity contribution in [2.24, 2.45) is 0 Å². The number of imidazole rings is 2. The maximum atomic E-state index is 13.6. The highest BCUT2D eigenvalue weighted by Gasteiger charge is 2.19. The van der Waals surface area contributed by atoms with Crippen LogP contribution in [0.25, 0.3) is 22.1 Å². The van der Waals surface area contributed by atoms with Crippen LogP contribution in [0.4, 0.5) is 8.78 Å². The van der Waals surface area contributed by atoms with Crippen LogP contribution in [0.1, 0.15) is 12.4 Å². The highest BCUT2D eigenvalue weighted by Crippen LogP contribution is 2.30. The van der Waals surface area contributed by atoms with Crippen LogP contribution >= 0.6 is 11.8 Å². The van der Waals surface area contributed by atoms with Gasteiger partial charge in [0.2, 0.25) is 0 Å². The molecule has 0 atom stereocenters. The summed E-state index contributed by atoms with van der Waals surface area (Å²) in [6.07, 6.45) is 0. The molecule has 0 saturated heterocycles. The number of fused-ring (bicyclic) bond motifs is 2. The van der Waals surface area contributed by atoms with Gasteiger partial charge in [-0.2, -0.15) is 8.78 Å². The topological polar surface area (TPSA) is 44.9 Å². The van der Waals surface area contributed by atoms with Gasteiger partial charge in [0.25, 0.3) is 0 Å². The first-order chi connectivity index (χ1) is 13.2. The van der Waals surface area contributed by atoms with E-state index in [-0.39, 0.29) is 0 Å². The molecule has 0 aliphatic heterocycles. The molecule has 0 fully saturated rings. The Bertz CT molecular complexity index is 1080. The average Bonchev–Trinajstić information content (AvgIpc) is 3.22. The maximum Gasteiger partial charge on any atom is 0.320 e. The summed E-state index contributed by atoms with van der Waals surface area (Å²) in [4.78, 5) is 9.05. The van der Waals surface area contributed by atoms with E-state index < -0.39 is 6.55 Å². The number of hydrogen-bond donors (Lipinski definition) is 0. The van der Waals surface area contributed by atoms with E-state index in [1.165, 1.54) is 11.8 Å². The molecule has 8 heteroatoms. The number of hydrogen-bond acceptors (Lipinski definition) is 4. The SMILES string of the molecule is COCCn1c(SCc2nc3ccccc3n2C(F)F)nc2ccccc21. The summed E-state index contributed by atoms with van der Waals surface area (Å²) in [5.74, 6) is 0.636. The molecule has 0 aliphatic carbocycles. The smallest absolute Gasteiger partial charge is 0.320 e. The molecule has 4 aromatic rings. The van der Waals surface area contributed by atoms with Crippen molar-refractivity contribution in [3.63, 3.8) is 0 Å². The second kappa shape index (κ2) is 7.66. The Hall–Kier alpha value is -2.45. The minimum Gasteiger partial charge on any atom is -0.383 e. The van der Waals surface area contributed by atoms with Crippen molar-refractivity contribution in [1.29, 1.82) is 0 Å². The normalized spacial score (nSPS) is 11.9. The molecule has 0 radical (unpaired) electrons. The largest absolute Gasteiger partial charge is 0.383 e. The van der Waals surface area contributed by atoms with Crippen LogP contribution in [0.15, 0.2) is 53.7 Å². The van der Waals surface area contributed by atoms with Crippen molar-refractivity contribution in [3.8, 4) is 0 Å². The molecule has 27 heavy (non-hydrogen) atoms. The van der Waals surface area contributed by atoms with Gasteiger partial charge in [-0.15, -0.1) is 0 Å². The highest BCUT2D eigenvalue weighted by molar-refractivity contribution is 7.98. The van der Waals surface area contributed by atoms with Gasteiger partial charge < -0.3 is 9.30 Å². The first-order valence-electron chi connectivity index (χ1n) is 8.50. The fraction of sp³-hybridized carbons (Fsp3) is 0.263. The number of benzene rings is 2. The minimum atomic E-state index is -2.64. The zero-order chi connectivity index (χ0) is 18.8. The van der Waals surface area contributed by atoms with Crippen molar-refractivity contribution in [3.05, 3.63) is 54.4 Å². The molecule has 0 saturated carbocycles. The molecule has 0 spiro atoms. The first-order valence-corrected chi connectivity index (χ1v) is 9.48. The molecule has 2 aromatic carbocycles. The summed E-state index contributed by atoms with van der Waals surface area (Å²) in [6, 6.07) is 14.8. The summed E-state index contributed by atoms with van der Waals surface area (Å²) in [5, 5.41) is 0.765. The highest BCUT2D eigenvalue weighted by atomic mass is 32.2. The van der Waals surface area contributed by atoms with E-state index in [0.717, 1.165) is 20.8 Å². The van der Waals surface area contributed by atoms with Gasteiger partial charge in [-0.05, 0) is 24.3 Å². The Balaban J connectivity index is 1.68. The van der Waals surface area contributed by atoms with Crippen LogP contribution in [-0.2, 0) is 17.0 Å². The zero-order valence-corrected chi connectivity index (χ0v) is 15.5. The fourth-order valence-corrected chi connectivity index (χ4v) is 4.08. The Labute approximate surface area is 159 Å². The molecule has 140 valence electrons. The number of halogens is 2. The molecule has 0 amide bonds. The van der Waals surface area contributed by atoms with Crippen LogP contribution < -0.4 is 0 Å². The fourth-order valence-electron chi connectivity index (χ4n) is 3.11. The second-order valence-corrected chi connectivity index (χ2v) is 6.92. The Morgan fingerprint density at radius 3 is 2.37 bits per heavy atom. The van der Waals surface area contributed by atoms with Gasteiger partial charge >= 0.3 is 6.55 Å². The van der Waals surface area contributed by atoms with E-state index in [0.29, 0.717) is 35.8 Å². The molecular weight excluding hydrogens is 370 g/mol. The lowest BCUT2D eigenvalue weighted by Gasteiger charge is -2.09. The third-order valence-corrected chi connectivity index (χ3v) is 5.31. The van der Waals surface area contributed by atoms with Gasteiger partial charge in [-0.1, -0.05) is 36.0 Å². The number of para-hydroxylation sites is 4. The molecule has 0 unspecified atom stereocenters. The number of aromatic nitrogens is 4. The summed E-state index contributed by atoms with van der Waals surface area (Å²) < 4.78 is 35.5. The first kappa shape index (κ1) is 17.9. The molecular formula is C19H18F2N4OS. The van der Waals surface area contributed by atoms with Gasteiger partial charge in [-0.3, -0.25) is 4.57 Å². The predicted octanol–water partition coefficient (Wildman–Crippen LogP) is 4.72. The van der Waals surface area contributed by atoms with Crippen LogP contribution in [-0.4, -0.2) is 32.8 Å². The van der Waals surface area contributed by atoms with Crippen LogP contribution in [0.5, 0.6) is 0 Å². The van der Waals surface area contributed by atoms with Crippen LogP contribution in [0.3, 0.4) is 0 Å². The van der Waals surface area contributed by atoms with Crippen molar-refractivity contribution in [1.82, 2.24) is 19.1 Å². The number of methoxy groups -OCH3 is 1. The molecule has 2 aromatic heterocycles. The van der Waals surface area contributed by atoms with E-state index in [9.17, 15) is 8.78 Å². The summed E-state index contributed by atoms with van der Waals surface area (Å²) >= 11 is 1.40. The van der Waals surface area contributed by atoms with Crippen molar-refractivity contribution in [2.75, 3.05) is 13.7 Å².